The third-order valence-electron chi connectivity index (χ3n) is 3.26. The van der Waals surface area contributed by atoms with Crippen LogP contribution in [0.2, 0.25) is 0 Å². The lowest BCUT2D eigenvalue weighted by Crippen LogP contribution is -2.36. The van der Waals surface area contributed by atoms with Crippen molar-refractivity contribution in [3.05, 3.63) is 0 Å². The minimum atomic E-state index is -0.831. The highest BCUT2D eigenvalue weighted by molar-refractivity contribution is 5.82. The molecular weight excluding hydrogens is 206 g/mol. The minimum absolute atomic E-state index is 0.118. The van der Waals surface area contributed by atoms with E-state index < -0.39 is 11.9 Å². The number of carbonyl (C=O) groups is 2. The van der Waals surface area contributed by atoms with Crippen molar-refractivity contribution < 1.29 is 14.7 Å². The molecule has 0 aromatic carbocycles. The van der Waals surface area contributed by atoms with Gasteiger partial charge in [0.05, 0.1) is 5.92 Å². The molecule has 0 aromatic heterocycles. The molecule has 0 aliphatic heterocycles. The third-order valence-corrected chi connectivity index (χ3v) is 3.26. The molecule has 0 bridgehead atoms. The van der Waals surface area contributed by atoms with Crippen LogP contribution in [0.15, 0.2) is 0 Å². The van der Waals surface area contributed by atoms with Crippen molar-refractivity contribution in [2.45, 2.75) is 52.0 Å². The Morgan fingerprint density at radius 3 is 2.25 bits per heavy atom. The first-order valence-electron chi connectivity index (χ1n) is 6.10. The number of hydrogen-bond donors (Lipinski definition) is 2. The molecule has 1 atom stereocenters. The van der Waals surface area contributed by atoms with Crippen molar-refractivity contribution in [2.24, 2.45) is 11.8 Å². The molecule has 0 heterocycles. The summed E-state index contributed by atoms with van der Waals surface area (Å²) in [5, 5.41) is 11.9. The van der Waals surface area contributed by atoms with Crippen LogP contribution in [0.4, 0.5) is 0 Å². The maximum atomic E-state index is 11.6. The Morgan fingerprint density at radius 1 is 1.31 bits per heavy atom. The topological polar surface area (TPSA) is 66.4 Å². The van der Waals surface area contributed by atoms with E-state index in [-0.39, 0.29) is 24.3 Å². The smallest absolute Gasteiger partial charge is 0.307 e. The number of amides is 1. The lowest BCUT2D eigenvalue weighted by Gasteiger charge is -2.16. The minimum Gasteiger partial charge on any atom is -0.481 e. The van der Waals surface area contributed by atoms with Crippen molar-refractivity contribution in [1.29, 1.82) is 0 Å². The Morgan fingerprint density at radius 2 is 1.88 bits per heavy atom. The van der Waals surface area contributed by atoms with Gasteiger partial charge < -0.3 is 10.4 Å². The Kier molecular flexibility index (Phi) is 4.77. The molecule has 4 nitrogen and oxygen atoms in total. The van der Waals surface area contributed by atoms with Crippen LogP contribution in [0, 0.1) is 11.8 Å². The molecule has 1 fully saturated rings. The summed E-state index contributed by atoms with van der Waals surface area (Å²) in [6, 6.07) is 0.182. The van der Waals surface area contributed by atoms with Crippen molar-refractivity contribution in [1.82, 2.24) is 5.32 Å². The van der Waals surface area contributed by atoms with Crippen LogP contribution in [-0.2, 0) is 9.59 Å². The van der Waals surface area contributed by atoms with Gasteiger partial charge in [0.2, 0.25) is 5.91 Å². The van der Waals surface area contributed by atoms with Gasteiger partial charge in [-0.05, 0) is 31.6 Å². The van der Waals surface area contributed by atoms with Crippen LogP contribution >= 0.6 is 0 Å². The summed E-state index contributed by atoms with van der Waals surface area (Å²) >= 11 is 0. The second kappa shape index (κ2) is 5.87. The molecule has 1 rings (SSSR count). The standard InChI is InChI=1S/C12H21NO3/c1-3-9(4-2)13-11(14)7-10(12(15)16)8-5-6-8/h8-10H,3-7H2,1-2H3,(H,13,14)(H,15,16). The first kappa shape index (κ1) is 13.0. The van der Waals surface area contributed by atoms with E-state index in [2.05, 4.69) is 5.32 Å². The van der Waals surface area contributed by atoms with Gasteiger partial charge >= 0.3 is 5.97 Å². The first-order chi connectivity index (χ1) is 7.58. The number of carbonyl (C=O) groups excluding carboxylic acids is 1. The predicted octanol–water partition coefficient (Wildman–Crippen LogP) is 1.79. The Hall–Kier alpha value is -1.06. The molecule has 0 radical (unpaired) electrons. The maximum absolute atomic E-state index is 11.6. The highest BCUT2D eigenvalue weighted by atomic mass is 16.4. The SMILES string of the molecule is CCC(CC)NC(=O)CC(C(=O)O)C1CC1. The van der Waals surface area contributed by atoms with E-state index in [9.17, 15) is 9.59 Å². The molecule has 2 N–H and O–H groups in total. The zero-order valence-electron chi connectivity index (χ0n) is 10.0. The Labute approximate surface area is 96.4 Å². The van der Waals surface area contributed by atoms with Gasteiger partial charge in [-0.2, -0.15) is 0 Å². The van der Waals surface area contributed by atoms with Crippen LogP contribution in [0.25, 0.3) is 0 Å². The molecule has 1 unspecified atom stereocenters. The van der Waals surface area contributed by atoms with E-state index >= 15 is 0 Å². The molecule has 0 spiro atoms. The van der Waals surface area contributed by atoms with E-state index in [0.717, 1.165) is 25.7 Å². The lowest BCUT2D eigenvalue weighted by atomic mass is 9.99. The summed E-state index contributed by atoms with van der Waals surface area (Å²) in [6.45, 7) is 4.04. The lowest BCUT2D eigenvalue weighted by molar-refractivity contribution is -0.145. The van der Waals surface area contributed by atoms with Gasteiger partial charge in [0.25, 0.3) is 0 Å². The van der Waals surface area contributed by atoms with Crippen LogP contribution in [0.5, 0.6) is 0 Å². The molecule has 0 aromatic rings. The first-order valence-corrected chi connectivity index (χ1v) is 6.10. The van der Waals surface area contributed by atoms with Gasteiger partial charge in [0.1, 0.15) is 0 Å². The zero-order valence-corrected chi connectivity index (χ0v) is 10.0. The van der Waals surface area contributed by atoms with Crippen LogP contribution in [0.3, 0.4) is 0 Å². The summed E-state index contributed by atoms with van der Waals surface area (Å²) in [4.78, 5) is 22.6. The summed E-state index contributed by atoms with van der Waals surface area (Å²) in [6.07, 6.45) is 3.83. The second-order valence-corrected chi connectivity index (χ2v) is 4.57. The maximum Gasteiger partial charge on any atom is 0.307 e. The summed E-state index contributed by atoms with van der Waals surface area (Å²) in [5.74, 6) is -1.20. The number of rotatable bonds is 7. The summed E-state index contributed by atoms with van der Waals surface area (Å²) in [5.41, 5.74) is 0. The number of carboxylic acid groups (broad SMARTS) is 1. The summed E-state index contributed by atoms with van der Waals surface area (Å²) in [7, 11) is 0. The average molecular weight is 227 g/mol. The van der Waals surface area contributed by atoms with E-state index in [0.29, 0.717) is 0 Å². The van der Waals surface area contributed by atoms with E-state index in [1.807, 2.05) is 13.8 Å². The number of carboxylic acids is 1. The van der Waals surface area contributed by atoms with Gasteiger partial charge in [-0.3, -0.25) is 9.59 Å². The van der Waals surface area contributed by atoms with Crippen molar-refractivity contribution in [3.63, 3.8) is 0 Å². The number of aliphatic carboxylic acids is 1. The van der Waals surface area contributed by atoms with E-state index in [4.69, 9.17) is 5.11 Å². The largest absolute Gasteiger partial charge is 0.481 e. The normalized spacial score (nSPS) is 17.2. The van der Waals surface area contributed by atoms with Crippen LogP contribution in [0.1, 0.15) is 46.0 Å². The highest BCUT2D eigenvalue weighted by Crippen LogP contribution is 2.38. The molecule has 0 saturated heterocycles. The third kappa shape index (κ3) is 3.83. The molecule has 4 heteroatoms. The van der Waals surface area contributed by atoms with Crippen LogP contribution in [-0.4, -0.2) is 23.0 Å². The molecule has 1 aliphatic carbocycles. The zero-order chi connectivity index (χ0) is 12.1. The molecule has 1 saturated carbocycles. The molecule has 1 amide bonds. The van der Waals surface area contributed by atoms with E-state index in [1.165, 1.54) is 0 Å². The fourth-order valence-electron chi connectivity index (χ4n) is 1.93. The van der Waals surface area contributed by atoms with Gasteiger partial charge in [-0.25, -0.2) is 0 Å². The van der Waals surface area contributed by atoms with Crippen molar-refractivity contribution in [2.75, 3.05) is 0 Å². The van der Waals surface area contributed by atoms with Gasteiger partial charge in [0, 0.05) is 12.5 Å². The fourth-order valence-corrected chi connectivity index (χ4v) is 1.93. The van der Waals surface area contributed by atoms with Gasteiger partial charge in [0.15, 0.2) is 0 Å². The molecule has 1 aliphatic rings. The number of hydrogen-bond acceptors (Lipinski definition) is 2. The van der Waals surface area contributed by atoms with Gasteiger partial charge in [-0.1, -0.05) is 13.8 Å². The van der Waals surface area contributed by atoms with Crippen molar-refractivity contribution in [3.8, 4) is 0 Å². The van der Waals surface area contributed by atoms with Crippen LogP contribution < -0.4 is 5.32 Å². The number of nitrogens with one attached hydrogen (secondary N) is 1. The van der Waals surface area contributed by atoms with E-state index in [1.54, 1.807) is 0 Å². The van der Waals surface area contributed by atoms with Crippen molar-refractivity contribution >= 4 is 11.9 Å². The Balaban J connectivity index is 2.39. The Bertz CT molecular complexity index is 257. The molecular formula is C12H21NO3. The molecule has 16 heavy (non-hydrogen) atoms. The highest BCUT2D eigenvalue weighted by Gasteiger charge is 2.37. The second-order valence-electron chi connectivity index (χ2n) is 4.57. The van der Waals surface area contributed by atoms with Gasteiger partial charge in [-0.15, -0.1) is 0 Å². The monoisotopic (exact) mass is 227 g/mol. The predicted molar refractivity (Wildman–Crippen MR) is 61.0 cm³/mol. The fraction of sp³-hybridized carbons (Fsp3) is 0.833. The average Bonchev–Trinajstić information content (AvgIpc) is 3.05. The summed E-state index contributed by atoms with van der Waals surface area (Å²) < 4.78 is 0. The molecule has 92 valence electrons. The quantitative estimate of drug-likeness (QED) is 0.697.